The number of aromatic nitrogens is 2. The van der Waals surface area contributed by atoms with Gasteiger partial charge in [-0.15, -0.1) is 4.33 Å². The molecule has 1 amide bonds. The Morgan fingerprint density at radius 3 is 2.54 bits per heavy atom. The van der Waals surface area contributed by atoms with Gasteiger partial charge >= 0.3 is 11.7 Å². The largest absolute Gasteiger partial charge is 0.480 e. The molecule has 0 radical (unpaired) electrons. The van der Waals surface area contributed by atoms with E-state index in [4.69, 9.17) is 5.26 Å². The topological polar surface area (TPSA) is 168 Å². The van der Waals surface area contributed by atoms with Crippen LogP contribution in [0.1, 0.15) is 5.56 Å². The fourth-order valence-corrected chi connectivity index (χ4v) is 3.91. The number of rotatable bonds is 14. The molecule has 0 aromatic carbocycles. The number of nitrogens with one attached hydrogen (secondary N) is 2. The number of likely N-dealkylation sites (N-methyl/N-ethyl adjacent to an activating group) is 1. The maximum Gasteiger partial charge on any atom is 0.331 e. The first-order chi connectivity index (χ1) is 16.6. The van der Waals surface area contributed by atoms with E-state index in [1.807, 2.05) is 7.05 Å². The second kappa shape index (κ2) is 14.0. The van der Waals surface area contributed by atoms with Crippen molar-refractivity contribution in [2.75, 3.05) is 52.1 Å². The molecule has 0 bridgehead atoms. The first-order valence-corrected chi connectivity index (χ1v) is 11.8. The van der Waals surface area contributed by atoms with Crippen molar-refractivity contribution in [3.8, 4) is 0 Å². The SMILES string of the molecule is C=C(Cn1c(=O)c(C)cn(CCNC(=O)CN2CCN(C)CC2)c1=O)NC(CSOOO)C(=O)O. The molecule has 35 heavy (non-hydrogen) atoms. The summed E-state index contributed by atoms with van der Waals surface area (Å²) >= 11 is 0.541. The van der Waals surface area contributed by atoms with Crippen LogP contribution in [0.15, 0.2) is 28.1 Å². The minimum atomic E-state index is -1.23. The molecule has 1 aromatic heterocycles. The molecule has 15 heteroatoms. The van der Waals surface area contributed by atoms with Gasteiger partial charge in [-0.25, -0.2) is 14.8 Å². The van der Waals surface area contributed by atoms with Gasteiger partial charge in [0.05, 0.1) is 18.8 Å². The number of carboxylic acids is 1. The van der Waals surface area contributed by atoms with Gasteiger partial charge in [0.1, 0.15) is 6.04 Å². The molecular weight excluding hydrogens is 484 g/mol. The summed E-state index contributed by atoms with van der Waals surface area (Å²) in [5.74, 6) is -1.53. The van der Waals surface area contributed by atoms with Crippen molar-refractivity contribution in [1.29, 1.82) is 0 Å². The summed E-state index contributed by atoms with van der Waals surface area (Å²) in [6.07, 6.45) is 1.42. The van der Waals surface area contributed by atoms with Crippen LogP contribution >= 0.6 is 12.0 Å². The number of hydrogen-bond donors (Lipinski definition) is 4. The Bertz CT molecular complexity index is 1000. The van der Waals surface area contributed by atoms with Crippen molar-refractivity contribution in [2.24, 2.45) is 0 Å². The minimum absolute atomic E-state index is 0.111. The van der Waals surface area contributed by atoms with E-state index in [2.05, 4.69) is 36.4 Å². The Morgan fingerprint density at radius 1 is 1.23 bits per heavy atom. The van der Waals surface area contributed by atoms with Crippen LogP contribution in [0.4, 0.5) is 0 Å². The summed E-state index contributed by atoms with van der Waals surface area (Å²) < 4.78 is 6.44. The van der Waals surface area contributed by atoms with Crippen molar-refractivity contribution in [1.82, 2.24) is 29.6 Å². The number of aliphatic carboxylic acids is 1. The molecule has 1 unspecified atom stereocenters. The molecule has 0 spiro atoms. The van der Waals surface area contributed by atoms with Crippen LogP contribution in [-0.2, 0) is 32.1 Å². The number of amides is 1. The van der Waals surface area contributed by atoms with E-state index in [1.165, 1.54) is 10.8 Å². The summed E-state index contributed by atoms with van der Waals surface area (Å²) in [7, 11) is 2.04. The fraction of sp³-hybridized carbons (Fsp3) is 0.600. The summed E-state index contributed by atoms with van der Waals surface area (Å²) in [4.78, 5) is 53.3. The maximum absolute atomic E-state index is 12.9. The minimum Gasteiger partial charge on any atom is -0.480 e. The smallest absolute Gasteiger partial charge is 0.331 e. The lowest BCUT2D eigenvalue weighted by atomic mass is 10.3. The summed E-state index contributed by atoms with van der Waals surface area (Å²) in [6, 6.07) is -1.18. The van der Waals surface area contributed by atoms with Gasteiger partial charge in [0.2, 0.25) is 5.91 Å². The van der Waals surface area contributed by atoms with Crippen LogP contribution in [0, 0.1) is 6.92 Å². The van der Waals surface area contributed by atoms with Crippen LogP contribution < -0.4 is 21.9 Å². The second-order valence-electron chi connectivity index (χ2n) is 8.17. The molecule has 1 aliphatic rings. The van der Waals surface area contributed by atoms with Crippen LogP contribution in [-0.4, -0.2) is 99.3 Å². The molecular formula is C20H32N6O8S. The van der Waals surface area contributed by atoms with Crippen LogP contribution in [0.25, 0.3) is 0 Å². The summed E-state index contributed by atoms with van der Waals surface area (Å²) in [5, 5.41) is 26.3. The van der Waals surface area contributed by atoms with E-state index in [1.54, 1.807) is 6.92 Å². The van der Waals surface area contributed by atoms with Gasteiger partial charge in [0.15, 0.2) is 0 Å². The van der Waals surface area contributed by atoms with E-state index in [-0.39, 0.29) is 43.5 Å². The number of carboxylic acid groups (broad SMARTS) is 1. The van der Waals surface area contributed by atoms with Gasteiger partial charge in [0, 0.05) is 68.8 Å². The average Bonchev–Trinajstić information content (AvgIpc) is 2.81. The first kappa shape index (κ1) is 28.5. The molecule has 1 fully saturated rings. The van der Waals surface area contributed by atoms with Crippen molar-refractivity contribution >= 4 is 23.9 Å². The van der Waals surface area contributed by atoms with Crippen molar-refractivity contribution in [3.05, 3.63) is 44.9 Å². The molecule has 0 saturated carbocycles. The molecule has 1 aromatic rings. The van der Waals surface area contributed by atoms with E-state index in [0.717, 1.165) is 30.7 Å². The lowest BCUT2D eigenvalue weighted by molar-refractivity contribution is -0.432. The first-order valence-electron chi connectivity index (χ1n) is 10.9. The predicted molar refractivity (Wildman–Crippen MR) is 128 cm³/mol. The molecule has 0 aliphatic carbocycles. The molecule has 1 atom stereocenters. The number of carbonyl (C=O) groups is 2. The lowest BCUT2D eigenvalue weighted by Crippen LogP contribution is -2.48. The zero-order valence-electron chi connectivity index (χ0n) is 19.8. The van der Waals surface area contributed by atoms with Crippen molar-refractivity contribution < 1.29 is 29.3 Å². The van der Waals surface area contributed by atoms with Crippen LogP contribution in [0.3, 0.4) is 0 Å². The number of piperazine rings is 1. The number of carbonyl (C=O) groups excluding carboxylic acids is 1. The normalized spacial score (nSPS) is 15.5. The molecule has 1 aliphatic heterocycles. The molecule has 1 saturated heterocycles. The van der Waals surface area contributed by atoms with Crippen molar-refractivity contribution in [2.45, 2.75) is 26.1 Å². The highest BCUT2D eigenvalue weighted by Gasteiger charge is 2.20. The summed E-state index contributed by atoms with van der Waals surface area (Å²) in [6.45, 7) is 9.08. The van der Waals surface area contributed by atoms with Gasteiger partial charge in [-0.2, -0.15) is 0 Å². The molecule has 4 N–H and O–H groups in total. The van der Waals surface area contributed by atoms with E-state index in [0.29, 0.717) is 17.6 Å². The standard InChI is InChI=1S/C20H32N6O8S/c1-14-10-25(5-4-21-17(27)12-24-8-6-23(3)7-9-24)20(31)26(18(14)28)11-15(2)22-16(19(29)30)13-35-34-33-32/h10,16,22,32H,2,4-9,11-13H2,1,3H3,(H,21,27)(H,29,30). The molecule has 2 rings (SSSR count). The van der Waals surface area contributed by atoms with Gasteiger partial charge < -0.3 is 20.6 Å². The Labute approximate surface area is 206 Å². The Kier molecular flexibility index (Phi) is 11.4. The van der Waals surface area contributed by atoms with Gasteiger partial charge in [-0.3, -0.25) is 23.6 Å². The maximum atomic E-state index is 12.9. The molecule has 196 valence electrons. The number of allylic oxidation sites excluding steroid dienone is 1. The monoisotopic (exact) mass is 516 g/mol. The van der Waals surface area contributed by atoms with Crippen LogP contribution in [0.2, 0.25) is 0 Å². The quantitative estimate of drug-likeness (QED) is 0.0960. The van der Waals surface area contributed by atoms with Gasteiger partial charge in [0.25, 0.3) is 5.56 Å². The third kappa shape index (κ3) is 9.12. The Balaban J connectivity index is 1.97. The average molecular weight is 517 g/mol. The second-order valence-corrected chi connectivity index (χ2v) is 8.88. The number of hydrogen-bond acceptors (Lipinski definition) is 11. The predicted octanol–water partition coefficient (Wildman–Crippen LogP) is -1.69. The third-order valence-corrected chi connectivity index (χ3v) is 6.01. The number of aryl methyl sites for hydroxylation is 1. The lowest BCUT2D eigenvalue weighted by Gasteiger charge is -2.31. The van der Waals surface area contributed by atoms with E-state index < -0.39 is 23.3 Å². The van der Waals surface area contributed by atoms with Crippen LogP contribution in [0.5, 0.6) is 0 Å². The molecule has 14 nitrogen and oxygen atoms in total. The Hall–Kier alpha value is -2.69. The van der Waals surface area contributed by atoms with Gasteiger partial charge in [-0.1, -0.05) is 11.6 Å². The highest BCUT2D eigenvalue weighted by Crippen LogP contribution is 2.06. The van der Waals surface area contributed by atoms with Gasteiger partial charge in [-0.05, 0) is 14.0 Å². The Morgan fingerprint density at radius 2 is 1.91 bits per heavy atom. The zero-order valence-corrected chi connectivity index (χ0v) is 20.6. The highest BCUT2D eigenvalue weighted by molar-refractivity contribution is 7.94. The van der Waals surface area contributed by atoms with E-state index >= 15 is 0 Å². The third-order valence-electron chi connectivity index (χ3n) is 5.39. The number of nitrogens with zero attached hydrogens (tertiary/aromatic N) is 4. The van der Waals surface area contributed by atoms with Crippen molar-refractivity contribution in [3.63, 3.8) is 0 Å². The zero-order chi connectivity index (χ0) is 26.0. The highest BCUT2D eigenvalue weighted by atomic mass is 32.2. The summed E-state index contributed by atoms with van der Waals surface area (Å²) in [5.41, 5.74) is -0.735. The van der Waals surface area contributed by atoms with E-state index in [9.17, 15) is 24.3 Å². The fourth-order valence-electron chi connectivity index (χ4n) is 3.45. The molecule has 2 heterocycles.